The van der Waals surface area contributed by atoms with Crippen LogP contribution in [0.3, 0.4) is 0 Å². The summed E-state index contributed by atoms with van der Waals surface area (Å²) in [6.07, 6.45) is 1.44. The number of aryl methyl sites for hydroxylation is 2. The fraction of sp³-hybridized carbons (Fsp3) is 0.241. The molecular weight excluding hydrogens is 536 g/mol. The number of thiazole rings is 1. The van der Waals surface area contributed by atoms with Gasteiger partial charge in [-0.25, -0.2) is 9.78 Å². The number of nitrogens with zero attached hydrogens (tertiary/aromatic N) is 2. The second-order valence-corrected chi connectivity index (χ2v) is 9.74. The van der Waals surface area contributed by atoms with Crippen molar-refractivity contribution in [2.45, 2.75) is 19.9 Å². The Bertz CT molecular complexity index is 1540. The molecule has 1 amide bonds. The number of ketones is 1. The standard InChI is InChI=1S/C29H28N2O8S/c1-7-12-39-28(35)26-16(3)30-29(40-26)31-23(19-10-9-18(36-4)14-21(19)38-6)22(25(33)27(31)34)24(32)17-8-11-20(37-5)15(2)13-17/h7-11,13-14,23,32H,1,12H2,2-6H3/t23-/m1/s1. The van der Waals surface area contributed by atoms with Gasteiger partial charge in [-0.15, -0.1) is 0 Å². The van der Waals surface area contributed by atoms with Crippen LogP contribution in [-0.2, 0) is 14.3 Å². The number of ether oxygens (including phenoxy) is 4. The van der Waals surface area contributed by atoms with E-state index >= 15 is 0 Å². The lowest BCUT2D eigenvalue weighted by Crippen LogP contribution is -2.29. The predicted molar refractivity (Wildman–Crippen MR) is 149 cm³/mol. The van der Waals surface area contributed by atoms with Crippen molar-refractivity contribution in [3.05, 3.63) is 81.9 Å². The summed E-state index contributed by atoms with van der Waals surface area (Å²) in [7, 11) is 4.47. The fourth-order valence-electron chi connectivity index (χ4n) is 4.42. The van der Waals surface area contributed by atoms with E-state index in [2.05, 4.69) is 11.6 Å². The molecular formula is C29H28N2O8S. The van der Waals surface area contributed by atoms with Gasteiger partial charge < -0.3 is 24.1 Å². The molecule has 0 bridgehead atoms. The minimum atomic E-state index is -1.13. The van der Waals surface area contributed by atoms with E-state index in [0.29, 0.717) is 34.1 Å². The van der Waals surface area contributed by atoms with Crippen molar-refractivity contribution < 1.29 is 38.4 Å². The zero-order valence-corrected chi connectivity index (χ0v) is 23.5. The highest BCUT2D eigenvalue weighted by molar-refractivity contribution is 7.17. The Kier molecular flexibility index (Phi) is 8.24. The van der Waals surface area contributed by atoms with Crippen LogP contribution >= 0.6 is 11.3 Å². The van der Waals surface area contributed by atoms with Crippen LogP contribution in [0.25, 0.3) is 5.76 Å². The second kappa shape index (κ2) is 11.6. The van der Waals surface area contributed by atoms with E-state index in [9.17, 15) is 19.5 Å². The largest absolute Gasteiger partial charge is 0.507 e. The van der Waals surface area contributed by atoms with Crippen LogP contribution in [-0.4, -0.2) is 55.7 Å². The van der Waals surface area contributed by atoms with Gasteiger partial charge in [-0.3, -0.25) is 14.5 Å². The molecule has 1 aliphatic rings. The molecule has 3 aromatic rings. The van der Waals surface area contributed by atoms with Crippen LogP contribution in [0.5, 0.6) is 17.2 Å². The summed E-state index contributed by atoms with van der Waals surface area (Å²) in [5.74, 6) is -1.46. The van der Waals surface area contributed by atoms with Crippen molar-refractivity contribution in [3.63, 3.8) is 0 Å². The van der Waals surface area contributed by atoms with Gasteiger partial charge in [0.2, 0.25) is 0 Å². The number of methoxy groups -OCH3 is 3. The quantitative estimate of drug-likeness (QED) is 0.129. The molecule has 2 aromatic carbocycles. The van der Waals surface area contributed by atoms with Crippen LogP contribution < -0.4 is 19.1 Å². The number of hydrogen-bond donors (Lipinski definition) is 1. The lowest BCUT2D eigenvalue weighted by molar-refractivity contribution is -0.132. The monoisotopic (exact) mass is 564 g/mol. The average molecular weight is 565 g/mol. The number of carbonyl (C=O) groups excluding carboxylic acids is 3. The first-order chi connectivity index (χ1) is 19.2. The van der Waals surface area contributed by atoms with E-state index in [4.69, 9.17) is 18.9 Å². The van der Waals surface area contributed by atoms with Gasteiger partial charge in [-0.05, 0) is 49.7 Å². The maximum Gasteiger partial charge on any atom is 0.350 e. The molecule has 1 fully saturated rings. The third-order valence-electron chi connectivity index (χ3n) is 6.36. The molecule has 0 spiro atoms. The van der Waals surface area contributed by atoms with Crippen LogP contribution in [0.1, 0.15) is 38.1 Å². The molecule has 40 heavy (non-hydrogen) atoms. The van der Waals surface area contributed by atoms with Crippen molar-refractivity contribution in [2.24, 2.45) is 0 Å². The molecule has 1 aromatic heterocycles. The van der Waals surface area contributed by atoms with Crippen molar-refractivity contribution in [2.75, 3.05) is 32.8 Å². The smallest absolute Gasteiger partial charge is 0.350 e. The predicted octanol–water partition coefficient (Wildman–Crippen LogP) is 4.75. The number of hydrogen-bond acceptors (Lipinski definition) is 10. The molecule has 1 saturated heterocycles. The highest BCUT2D eigenvalue weighted by Crippen LogP contribution is 2.47. The lowest BCUT2D eigenvalue weighted by Gasteiger charge is -2.25. The number of Topliss-reactive ketones (excluding diaryl/α,β-unsaturated/α-hetero) is 1. The Labute approximate surface area is 235 Å². The molecule has 0 radical (unpaired) electrons. The van der Waals surface area contributed by atoms with Gasteiger partial charge in [-0.2, -0.15) is 0 Å². The summed E-state index contributed by atoms with van der Waals surface area (Å²) in [6.45, 7) is 6.93. The van der Waals surface area contributed by atoms with Crippen LogP contribution in [0.2, 0.25) is 0 Å². The molecule has 10 nitrogen and oxygen atoms in total. The van der Waals surface area contributed by atoms with Gasteiger partial charge in [0.15, 0.2) is 5.13 Å². The summed E-state index contributed by atoms with van der Waals surface area (Å²) in [4.78, 5) is 45.5. The van der Waals surface area contributed by atoms with E-state index < -0.39 is 23.7 Å². The summed E-state index contributed by atoms with van der Waals surface area (Å²) in [6, 6.07) is 8.69. The van der Waals surface area contributed by atoms with Crippen molar-refractivity contribution in [1.82, 2.24) is 4.98 Å². The van der Waals surface area contributed by atoms with Crippen LogP contribution in [0.15, 0.2) is 54.6 Å². The molecule has 0 unspecified atom stereocenters. The molecule has 11 heteroatoms. The van der Waals surface area contributed by atoms with Crippen molar-refractivity contribution in [3.8, 4) is 17.2 Å². The normalized spacial score (nSPS) is 16.1. The number of esters is 1. The minimum absolute atomic E-state index is 0.000343. The molecule has 1 atom stereocenters. The van der Waals surface area contributed by atoms with Gasteiger partial charge in [0.1, 0.15) is 40.5 Å². The Balaban J connectivity index is 1.95. The Morgan fingerprint density at radius 2 is 1.80 bits per heavy atom. The first-order valence-corrected chi connectivity index (χ1v) is 12.9. The number of aliphatic hydroxyl groups excluding tert-OH is 1. The van der Waals surface area contributed by atoms with E-state index in [0.717, 1.165) is 21.8 Å². The minimum Gasteiger partial charge on any atom is -0.507 e. The fourth-order valence-corrected chi connectivity index (χ4v) is 5.41. The number of carbonyl (C=O) groups is 3. The van der Waals surface area contributed by atoms with E-state index in [1.165, 1.54) is 27.4 Å². The third-order valence-corrected chi connectivity index (χ3v) is 7.49. The second-order valence-electron chi connectivity index (χ2n) is 8.76. The lowest BCUT2D eigenvalue weighted by atomic mass is 9.94. The van der Waals surface area contributed by atoms with Crippen molar-refractivity contribution in [1.29, 1.82) is 0 Å². The number of amides is 1. The SMILES string of the molecule is C=CCOC(=O)c1sc(N2C(=O)C(=O)C(=C(O)c3ccc(OC)c(C)c3)[C@H]2c2ccc(OC)cc2OC)nc1C. The molecule has 1 aliphatic heterocycles. The Morgan fingerprint density at radius 1 is 1.07 bits per heavy atom. The van der Waals surface area contributed by atoms with Crippen molar-refractivity contribution >= 4 is 39.9 Å². The van der Waals surface area contributed by atoms with Gasteiger partial charge in [-0.1, -0.05) is 24.0 Å². The Morgan fingerprint density at radius 3 is 2.42 bits per heavy atom. The first-order valence-electron chi connectivity index (χ1n) is 12.1. The zero-order chi connectivity index (χ0) is 29.1. The molecule has 1 N–H and O–H groups in total. The zero-order valence-electron chi connectivity index (χ0n) is 22.6. The van der Waals surface area contributed by atoms with Gasteiger partial charge >= 0.3 is 11.9 Å². The number of benzene rings is 2. The average Bonchev–Trinajstić information content (AvgIpc) is 3.46. The Hall–Kier alpha value is -4.64. The topological polar surface area (TPSA) is 124 Å². The first kappa shape index (κ1) is 28.4. The number of aromatic nitrogens is 1. The third kappa shape index (κ3) is 5.03. The van der Waals surface area contributed by atoms with Gasteiger partial charge in [0.25, 0.3) is 5.78 Å². The summed E-state index contributed by atoms with van der Waals surface area (Å²) in [5, 5.41) is 11.6. The maximum atomic E-state index is 13.6. The number of aliphatic hydroxyl groups is 1. The summed E-state index contributed by atoms with van der Waals surface area (Å²) in [5.41, 5.74) is 1.59. The maximum absolute atomic E-state index is 13.6. The van der Waals surface area contributed by atoms with Crippen LogP contribution in [0, 0.1) is 13.8 Å². The molecule has 0 aliphatic carbocycles. The summed E-state index contributed by atoms with van der Waals surface area (Å²) >= 11 is 0.904. The number of rotatable bonds is 9. The van der Waals surface area contributed by atoms with Crippen LogP contribution in [0.4, 0.5) is 5.13 Å². The molecule has 0 saturated carbocycles. The molecule has 2 heterocycles. The highest BCUT2D eigenvalue weighted by Gasteiger charge is 2.49. The molecule has 4 rings (SSSR count). The molecule has 208 valence electrons. The summed E-state index contributed by atoms with van der Waals surface area (Å²) < 4.78 is 21.4. The number of anilines is 1. The van der Waals surface area contributed by atoms with E-state index in [-0.39, 0.29) is 27.9 Å². The van der Waals surface area contributed by atoms with Gasteiger partial charge in [0.05, 0.1) is 32.6 Å². The van der Waals surface area contributed by atoms with E-state index in [1.807, 2.05) is 0 Å². The highest BCUT2D eigenvalue weighted by atomic mass is 32.1. The van der Waals surface area contributed by atoms with Gasteiger partial charge in [0, 0.05) is 17.2 Å². The van der Waals surface area contributed by atoms with E-state index in [1.54, 1.807) is 50.2 Å².